The van der Waals surface area contributed by atoms with Gasteiger partial charge < -0.3 is 10.6 Å². The van der Waals surface area contributed by atoms with Crippen molar-refractivity contribution >= 4 is 5.91 Å². The molecule has 1 saturated heterocycles. The van der Waals surface area contributed by atoms with Gasteiger partial charge in [-0.2, -0.15) is 0 Å². The largest absolute Gasteiger partial charge is 0.350 e. The highest BCUT2D eigenvalue weighted by atomic mass is 16.1. The summed E-state index contributed by atoms with van der Waals surface area (Å²) in [5.41, 5.74) is 1.05. The Morgan fingerprint density at radius 2 is 2.56 bits per heavy atom. The number of rotatable bonds is 5. The maximum atomic E-state index is 11.8. The minimum absolute atomic E-state index is 0.0303. The average molecular weight is 247 g/mol. The maximum Gasteiger partial charge on any atom is 0.220 e. The van der Waals surface area contributed by atoms with Gasteiger partial charge >= 0.3 is 0 Å². The molecule has 0 aromatic carbocycles. The Bertz CT molecular complexity index is 374. The normalized spacial score (nSPS) is 20.6. The third-order valence-electron chi connectivity index (χ3n) is 3.44. The number of pyridine rings is 1. The summed E-state index contributed by atoms with van der Waals surface area (Å²) in [6, 6.07) is 4.43. The summed E-state index contributed by atoms with van der Waals surface area (Å²) in [6.45, 7) is 3.08. The van der Waals surface area contributed by atoms with Crippen molar-refractivity contribution in [2.45, 2.75) is 44.7 Å². The Balaban J connectivity index is 1.73. The molecule has 1 fully saturated rings. The van der Waals surface area contributed by atoms with Crippen LogP contribution >= 0.6 is 0 Å². The average Bonchev–Trinajstić information content (AvgIpc) is 2.90. The fourth-order valence-electron chi connectivity index (χ4n) is 2.34. The van der Waals surface area contributed by atoms with Gasteiger partial charge in [-0.1, -0.05) is 6.07 Å². The van der Waals surface area contributed by atoms with Gasteiger partial charge in [0.15, 0.2) is 0 Å². The minimum Gasteiger partial charge on any atom is -0.350 e. The summed E-state index contributed by atoms with van der Waals surface area (Å²) < 4.78 is 0. The maximum absolute atomic E-state index is 11.8. The van der Waals surface area contributed by atoms with E-state index in [1.54, 1.807) is 12.4 Å². The number of aromatic nitrogens is 1. The molecule has 18 heavy (non-hydrogen) atoms. The number of carbonyl (C=O) groups is 1. The molecule has 2 N–H and O–H groups in total. The molecule has 2 heterocycles. The Labute approximate surface area is 108 Å². The second kappa shape index (κ2) is 6.50. The van der Waals surface area contributed by atoms with Gasteiger partial charge in [-0.05, 0) is 44.4 Å². The number of hydrogen-bond donors (Lipinski definition) is 2. The van der Waals surface area contributed by atoms with E-state index in [9.17, 15) is 4.79 Å². The van der Waals surface area contributed by atoms with Gasteiger partial charge in [-0.3, -0.25) is 9.78 Å². The number of hydrogen-bond acceptors (Lipinski definition) is 3. The minimum atomic E-state index is 0.0303. The molecule has 0 bridgehead atoms. The first-order chi connectivity index (χ1) is 8.75. The summed E-state index contributed by atoms with van der Waals surface area (Å²) in [7, 11) is 0. The van der Waals surface area contributed by atoms with Crippen molar-refractivity contribution in [2.75, 3.05) is 6.54 Å². The van der Waals surface area contributed by atoms with Crippen molar-refractivity contribution in [3.63, 3.8) is 0 Å². The van der Waals surface area contributed by atoms with Crippen molar-refractivity contribution < 1.29 is 4.79 Å². The Morgan fingerprint density at radius 3 is 3.22 bits per heavy atom. The summed E-state index contributed by atoms with van der Waals surface area (Å²) in [5.74, 6) is 0.125. The molecule has 1 amide bonds. The van der Waals surface area contributed by atoms with E-state index in [1.807, 2.05) is 19.1 Å². The van der Waals surface area contributed by atoms with Crippen LogP contribution in [-0.2, 0) is 4.79 Å². The van der Waals surface area contributed by atoms with Crippen LogP contribution in [0.2, 0.25) is 0 Å². The van der Waals surface area contributed by atoms with Gasteiger partial charge in [0.05, 0.1) is 6.04 Å². The number of carbonyl (C=O) groups excluding carboxylic acids is 1. The van der Waals surface area contributed by atoms with Gasteiger partial charge in [0.25, 0.3) is 0 Å². The third kappa shape index (κ3) is 3.81. The van der Waals surface area contributed by atoms with Gasteiger partial charge in [0.1, 0.15) is 0 Å². The second-order valence-corrected chi connectivity index (χ2v) is 4.91. The lowest BCUT2D eigenvalue weighted by Gasteiger charge is -2.15. The number of nitrogens with zero attached hydrogens (tertiary/aromatic N) is 1. The second-order valence-electron chi connectivity index (χ2n) is 4.91. The highest BCUT2D eigenvalue weighted by Gasteiger charge is 2.16. The molecular formula is C14H21N3O. The van der Waals surface area contributed by atoms with E-state index in [-0.39, 0.29) is 11.9 Å². The number of nitrogens with one attached hydrogen (secondary N) is 2. The van der Waals surface area contributed by atoms with Crippen LogP contribution in [0.5, 0.6) is 0 Å². The monoisotopic (exact) mass is 247 g/mol. The van der Waals surface area contributed by atoms with Gasteiger partial charge in [0, 0.05) is 24.9 Å². The lowest BCUT2D eigenvalue weighted by molar-refractivity contribution is -0.121. The lowest BCUT2D eigenvalue weighted by atomic mass is 10.1. The Hall–Kier alpha value is -1.42. The summed E-state index contributed by atoms with van der Waals surface area (Å²) >= 11 is 0. The molecule has 4 nitrogen and oxygen atoms in total. The van der Waals surface area contributed by atoms with Crippen molar-refractivity contribution in [1.29, 1.82) is 0 Å². The lowest BCUT2D eigenvalue weighted by Crippen LogP contribution is -2.29. The fourth-order valence-corrected chi connectivity index (χ4v) is 2.34. The Morgan fingerprint density at radius 1 is 1.67 bits per heavy atom. The van der Waals surface area contributed by atoms with Crippen LogP contribution in [0, 0.1) is 0 Å². The zero-order chi connectivity index (χ0) is 12.8. The predicted molar refractivity (Wildman–Crippen MR) is 71.1 cm³/mol. The topological polar surface area (TPSA) is 54.0 Å². The van der Waals surface area contributed by atoms with E-state index < -0.39 is 0 Å². The molecule has 0 radical (unpaired) electrons. The first kappa shape index (κ1) is 13.0. The fraction of sp³-hybridized carbons (Fsp3) is 0.571. The van der Waals surface area contributed by atoms with Crippen LogP contribution in [0.4, 0.5) is 0 Å². The molecule has 1 aliphatic rings. The number of amides is 1. The van der Waals surface area contributed by atoms with E-state index >= 15 is 0 Å². The first-order valence-electron chi connectivity index (χ1n) is 6.68. The SMILES string of the molecule is CC(NC(=O)CCC1CCCN1)c1cccnc1. The Kier molecular flexibility index (Phi) is 4.70. The first-order valence-corrected chi connectivity index (χ1v) is 6.68. The van der Waals surface area contributed by atoms with Gasteiger partial charge in [-0.25, -0.2) is 0 Å². The van der Waals surface area contributed by atoms with Crippen LogP contribution in [-0.4, -0.2) is 23.5 Å². The zero-order valence-corrected chi connectivity index (χ0v) is 10.9. The molecule has 1 aromatic rings. The van der Waals surface area contributed by atoms with E-state index in [2.05, 4.69) is 15.6 Å². The summed E-state index contributed by atoms with van der Waals surface area (Å²) in [6.07, 6.45) is 7.50. The third-order valence-corrected chi connectivity index (χ3v) is 3.44. The predicted octanol–water partition coefficient (Wildman–Crippen LogP) is 1.79. The molecule has 4 heteroatoms. The molecule has 2 rings (SSSR count). The molecule has 98 valence electrons. The standard InChI is InChI=1S/C14H21N3O/c1-11(12-4-2-8-15-10-12)17-14(18)7-6-13-5-3-9-16-13/h2,4,8,10-11,13,16H,3,5-7,9H2,1H3,(H,17,18). The molecule has 1 aromatic heterocycles. The van der Waals surface area contributed by atoms with E-state index in [4.69, 9.17) is 0 Å². The summed E-state index contributed by atoms with van der Waals surface area (Å²) in [5, 5.41) is 6.42. The van der Waals surface area contributed by atoms with Crippen molar-refractivity contribution in [3.8, 4) is 0 Å². The van der Waals surface area contributed by atoms with E-state index in [1.165, 1.54) is 12.8 Å². The smallest absolute Gasteiger partial charge is 0.220 e. The quantitative estimate of drug-likeness (QED) is 0.834. The van der Waals surface area contributed by atoms with Gasteiger partial charge in [0.2, 0.25) is 5.91 Å². The molecule has 0 aliphatic carbocycles. The molecule has 0 spiro atoms. The molecule has 1 aliphatic heterocycles. The van der Waals surface area contributed by atoms with E-state index in [0.717, 1.165) is 18.5 Å². The highest BCUT2D eigenvalue weighted by Crippen LogP contribution is 2.13. The van der Waals surface area contributed by atoms with Crippen molar-refractivity contribution in [3.05, 3.63) is 30.1 Å². The highest BCUT2D eigenvalue weighted by molar-refractivity contribution is 5.76. The summed E-state index contributed by atoms with van der Waals surface area (Å²) in [4.78, 5) is 15.9. The van der Waals surface area contributed by atoms with Gasteiger partial charge in [-0.15, -0.1) is 0 Å². The zero-order valence-electron chi connectivity index (χ0n) is 10.9. The van der Waals surface area contributed by atoms with E-state index in [0.29, 0.717) is 12.5 Å². The molecular weight excluding hydrogens is 226 g/mol. The molecule has 2 atom stereocenters. The molecule has 0 saturated carbocycles. The van der Waals surface area contributed by atoms with Crippen LogP contribution in [0.1, 0.15) is 44.2 Å². The van der Waals surface area contributed by atoms with Crippen LogP contribution in [0.25, 0.3) is 0 Å². The van der Waals surface area contributed by atoms with Crippen LogP contribution < -0.4 is 10.6 Å². The van der Waals surface area contributed by atoms with Crippen molar-refractivity contribution in [2.24, 2.45) is 0 Å². The van der Waals surface area contributed by atoms with Crippen LogP contribution in [0.3, 0.4) is 0 Å². The molecule has 2 unspecified atom stereocenters. The van der Waals surface area contributed by atoms with Crippen molar-refractivity contribution in [1.82, 2.24) is 15.6 Å². The van der Waals surface area contributed by atoms with Crippen LogP contribution in [0.15, 0.2) is 24.5 Å².